The molecule has 0 atom stereocenters. The molecule has 0 saturated heterocycles. The Kier molecular flexibility index (Phi) is 1.72. The van der Waals surface area contributed by atoms with Crippen molar-refractivity contribution in [3.63, 3.8) is 0 Å². The van der Waals surface area contributed by atoms with Crippen molar-refractivity contribution in [1.29, 1.82) is 0 Å². The predicted molar refractivity (Wildman–Crippen MR) is 34.3 cm³/mol. The van der Waals surface area contributed by atoms with E-state index in [-0.39, 0.29) is 5.91 Å². The van der Waals surface area contributed by atoms with Crippen LogP contribution in [0.1, 0.15) is 13.3 Å². The smallest absolute Gasteiger partial charge is 0.235 e. The predicted octanol–water partition coefficient (Wildman–Crippen LogP) is 0.257. The molecule has 3 nitrogen and oxygen atoms in total. The highest BCUT2D eigenvalue weighted by Gasteiger charge is 2.02. The average Bonchev–Trinajstić information content (AvgIpc) is 2.15. The fourth-order valence-electron chi connectivity index (χ4n) is 0.785. The van der Waals surface area contributed by atoms with Gasteiger partial charge in [-0.1, -0.05) is 6.08 Å². The van der Waals surface area contributed by atoms with Crippen molar-refractivity contribution >= 4 is 5.91 Å². The molecule has 0 aromatic rings. The highest BCUT2D eigenvalue weighted by molar-refractivity contribution is 5.72. The Balaban J connectivity index is 2.28. The Labute approximate surface area is 54.3 Å². The van der Waals surface area contributed by atoms with Crippen LogP contribution in [-0.4, -0.2) is 17.5 Å². The number of rotatable bonds is 1. The number of nitrogens with one attached hydrogen (secondary N) is 1. The van der Waals surface area contributed by atoms with Gasteiger partial charge in [0.05, 0.1) is 0 Å². The molecule has 1 aliphatic rings. The largest absolute Gasteiger partial charge is 0.293 e. The van der Waals surface area contributed by atoms with Gasteiger partial charge in [0, 0.05) is 19.7 Å². The number of carbonyl (C=O) groups excluding carboxylic acids is 1. The molecular weight excluding hydrogens is 116 g/mol. The maximum Gasteiger partial charge on any atom is 0.235 e. The Morgan fingerprint density at radius 3 is 3.00 bits per heavy atom. The minimum absolute atomic E-state index is 0.0125. The lowest BCUT2D eigenvalue weighted by Gasteiger charge is -2.14. The second-order valence-electron chi connectivity index (χ2n) is 2.03. The molecule has 0 bridgehead atoms. The van der Waals surface area contributed by atoms with Gasteiger partial charge in [-0.15, -0.1) is 0 Å². The molecule has 9 heavy (non-hydrogen) atoms. The Morgan fingerprint density at radius 2 is 2.56 bits per heavy atom. The molecule has 0 aromatic carbocycles. The summed E-state index contributed by atoms with van der Waals surface area (Å²) in [6.45, 7) is 2.41. The number of carbonyl (C=O) groups is 1. The van der Waals surface area contributed by atoms with Crippen LogP contribution in [0.15, 0.2) is 12.3 Å². The summed E-state index contributed by atoms with van der Waals surface area (Å²) in [7, 11) is 0. The van der Waals surface area contributed by atoms with Gasteiger partial charge >= 0.3 is 0 Å². The second-order valence-corrected chi connectivity index (χ2v) is 2.03. The zero-order valence-electron chi connectivity index (χ0n) is 5.42. The summed E-state index contributed by atoms with van der Waals surface area (Å²) in [5, 5.41) is 1.78. The van der Waals surface area contributed by atoms with E-state index in [9.17, 15) is 4.79 Å². The van der Waals surface area contributed by atoms with Crippen LogP contribution in [0.2, 0.25) is 0 Å². The average molecular weight is 126 g/mol. The van der Waals surface area contributed by atoms with Crippen molar-refractivity contribution in [2.45, 2.75) is 13.3 Å². The van der Waals surface area contributed by atoms with E-state index in [1.807, 2.05) is 12.3 Å². The summed E-state index contributed by atoms with van der Waals surface area (Å²) >= 11 is 0. The van der Waals surface area contributed by atoms with Crippen molar-refractivity contribution in [3.8, 4) is 0 Å². The van der Waals surface area contributed by atoms with Crippen LogP contribution in [0.25, 0.3) is 0 Å². The maximum atomic E-state index is 10.4. The van der Waals surface area contributed by atoms with Crippen molar-refractivity contribution in [2.24, 2.45) is 0 Å². The Hall–Kier alpha value is -0.990. The van der Waals surface area contributed by atoms with E-state index in [0.717, 1.165) is 13.0 Å². The van der Waals surface area contributed by atoms with Crippen molar-refractivity contribution in [1.82, 2.24) is 10.4 Å². The topological polar surface area (TPSA) is 32.3 Å². The zero-order chi connectivity index (χ0) is 6.69. The quantitative estimate of drug-likeness (QED) is 0.546. The molecule has 1 amide bonds. The van der Waals surface area contributed by atoms with Crippen LogP contribution in [0, 0.1) is 0 Å². The maximum absolute atomic E-state index is 10.4. The van der Waals surface area contributed by atoms with Gasteiger partial charge in [0.1, 0.15) is 0 Å². The fourth-order valence-corrected chi connectivity index (χ4v) is 0.785. The van der Waals surface area contributed by atoms with E-state index in [1.165, 1.54) is 6.92 Å². The monoisotopic (exact) mass is 126 g/mol. The molecule has 0 aliphatic carbocycles. The van der Waals surface area contributed by atoms with Crippen LogP contribution >= 0.6 is 0 Å². The van der Waals surface area contributed by atoms with Crippen molar-refractivity contribution in [3.05, 3.63) is 12.3 Å². The fraction of sp³-hybridized carbons (Fsp3) is 0.500. The molecule has 0 fully saturated rings. The molecule has 3 heteroatoms. The van der Waals surface area contributed by atoms with Crippen LogP contribution in [0.5, 0.6) is 0 Å². The molecule has 0 aromatic heterocycles. The minimum atomic E-state index is -0.0125. The number of nitrogens with zero attached hydrogens (tertiary/aromatic N) is 1. The van der Waals surface area contributed by atoms with Gasteiger partial charge < -0.3 is 0 Å². The van der Waals surface area contributed by atoms with Gasteiger partial charge in [-0.3, -0.25) is 15.2 Å². The Bertz CT molecular complexity index is 142. The van der Waals surface area contributed by atoms with E-state index in [1.54, 1.807) is 5.01 Å². The lowest BCUT2D eigenvalue weighted by Crippen LogP contribution is -2.35. The second kappa shape index (κ2) is 2.53. The summed E-state index contributed by atoms with van der Waals surface area (Å²) in [6, 6.07) is 0. The molecule has 50 valence electrons. The minimum Gasteiger partial charge on any atom is -0.293 e. The normalized spacial score (nSPS) is 16.3. The van der Waals surface area contributed by atoms with E-state index in [2.05, 4.69) is 5.43 Å². The molecule has 0 saturated carbocycles. The van der Waals surface area contributed by atoms with E-state index >= 15 is 0 Å². The summed E-state index contributed by atoms with van der Waals surface area (Å²) in [5.74, 6) is -0.0125. The molecule has 1 N–H and O–H groups in total. The number of amides is 1. The first-order chi connectivity index (χ1) is 4.29. The summed E-state index contributed by atoms with van der Waals surface area (Å²) in [6.07, 6.45) is 4.93. The number of hydrazine groups is 1. The van der Waals surface area contributed by atoms with Gasteiger partial charge in [-0.25, -0.2) is 0 Å². The lowest BCUT2D eigenvalue weighted by molar-refractivity contribution is -0.122. The zero-order valence-corrected chi connectivity index (χ0v) is 5.42. The van der Waals surface area contributed by atoms with Crippen molar-refractivity contribution < 1.29 is 4.79 Å². The third kappa shape index (κ3) is 1.76. The van der Waals surface area contributed by atoms with E-state index in [4.69, 9.17) is 0 Å². The number of hydrogen-bond acceptors (Lipinski definition) is 2. The molecule has 0 unspecified atom stereocenters. The highest BCUT2D eigenvalue weighted by Crippen LogP contribution is 1.98. The molecule has 1 heterocycles. The van der Waals surface area contributed by atoms with E-state index in [0.29, 0.717) is 0 Å². The SMILES string of the molecule is CC(=O)NN1C=CCC1. The molecule has 1 rings (SSSR count). The van der Waals surface area contributed by atoms with E-state index < -0.39 is 0 Å². The summed E-state index contributed by atoms with van der Waals surface area (Å²) in [4.78, 5) is 10.4. The van der Waals surface area contributed by atoms with Crippen LogP contribution in [-0.2, 0) is 4.79 Å². The Morgan fingerprint density at radius 1 is 1.78 bits per heavy atom. The van der Waals surface area contributed by atoms with Gasteiger partial charge in [-0.2, -0.15) is 0 Å². The first-order valence-corrected chi connectivity index (χ1v) is 2.99. The van der Waals surface area contributed by atoms with Gasteiger partial charge in [0.15, 0.2) is 0 Å². The van der Waals surface area contributed by atoms with Gasteiger partial charge in [0.25, 0.3) is 0 Å². The molecule has 0 radical (unpaired) electrons. The highest BCUT2D eigenvalue weighted by atomic mass is 16.2. The molecule has 1 aliphatic heterocycles. The standard InChI is InChI=1S/C6H10N2O/c1-6(9)7-8-4-2-3-5-8/h2,4H,3,5H2,1H3,(H,7,9). The third-order valence-electron chi connectivity index (χ3n) is 1.12. The van der Waals surface area contributed by atoms with Crippen LogP contribution in [0.4, 0.5) is 0 Å². The first-order valence-electron chi connectivity index (χ1n) is 2.99. The van der Waals surface area contributed by atoms with Crippen LogP contribution in [0.3, 0.4) is 0 Å². The molecular formula is C6H10N2O. The number of hydrogen-bond donors (Lipinski definition) is 1. The molecule has 0 spiro atoms. The van der Waals surface area contributed by atoms with Crippen LogP contribution < -0.4 is 5.43 Å². The van der Waals surface area contributed by atoms with Gasteiger partial charge in [-0.05, 0) is 6.42 Å². The third-order valence-corrected chi connectivity index (χ3v) is 1.12. The lowest BCUT2D eigenvalue weighted by atomic mass is 10.5. The summed E-state index contributed by atoms with van der Waals surface area (Å²) < 4.78 is 0. The first kappa shape index (κ1) is 6.13. The van der Waals surface area contributed by atoms with Gasteiger partial charge in [0.2, 0.25) is 5.91 Å². The van der Waals surface area contributed by atoms with Crippen molar-refractivity contribution in [2.75, 3.05) is 6.54 Å². The summed E-state index contributed by atoms with van der Waals surface area (Å²) in [5.41, 5.74) is 2.65.